The van der Waals surface area contributed by atoms with E-state index in [1.165, 1.54) is 26.2 Å². The average Bonchev–Trinajstić information content (AvgIpc) is 2.57. The molecule has 1 aromatic carbocycles. The van der Waals surface area contributed by atoms with Gasteiger partial charge in [0.2, 0.25) is 11.8 Å². The standard InChI is InChI=1S/C16H21N3O6/c1-9(16(24)25-2)18-15(23)11(7-8-13(17)21)19-14(22)10-5-3-4-6-12(10)20/h3-6,9,11,20H,7-8H2,1-2H3,(H2,17,21)(H,18,23)(H,19,22)/t9-,11+/m0/s1. The highest BCUT2D eigenvalue weighted by molar-refractivity contribution is 6.00. The minimum absolute atomic E-state index is 0.0274. The lowest BCUT2D eigenvalue weighted by Crippen LogP contribution is -2.51. The third-order valence-electron chi connectivity index (χ3n) is 3.36. The Morgan fingerprint density at radius 3 is 2.40 bits per heavy atom. The van der Waals surface area contributed by atoms with Gasteiger partial charge < -0.3 is 26.2 Å². The molecule has 0 aromatic heterocycles. The number of hydrogen-bond acceptors (Lipinski definition) is 6. The predicted molar refractivity (Wildman–Crippen MR) is 87.4 cm³/mol. The monoisotopic (exact) mass is 351 g/mol. The van der Waals surface area contributed by atoms with Crippen LogP contribution in [0, 0.1) is 0 Å². The number of nitrogens with one attached hydrogen (secondary N) is 2. The highest BCUT2D eigenvalue weighted by Gasteiger charge is 2.26. The second kappa shape index (κ2) is 9.26. The molecule has 0 saturated heterocycles. The quantitative estimate of drug-likeness (QED) is 0.461. The van der Waals surface area contributed by atoms with Crippen molar-refractivity contribution >= 4 is 23.7 Å². The van der Waals surface area contributed by atoms with Crippen LogP contribution < -0.4 is 16.4 Å². The SMILES string of the molecule is COC(=O)[C@H](C)NC(=O)[C@@H](CCC(N)=O)NC(=O)c1ccccc1O. The van der Waals surface area contributed by atoms with E-state index in [-0.39, 0.29) is 24.2 Å². The molecule has 0 aliphatic heterocycles. The van der Waals surface area contributed by atoms with Crippen LogP contribution in [0.5, 0.6) is 5.75 Å². The van der Waals surface area contributed by atoms with Crippen LogP contribution in [-0.4, -0.2) is 48.0 Å². The van der Waals surface area contributed by atoms with E-state index in [1.54, 1.807) is 12.1 Å². The molecule has 0 saturated carbocycles. The van der Waals surface area contributed by atoms with E-state index in [2.05, 4.69) is 15.4 Å². The van der Waals surface area contributed by atoms with Crippen LogP contribution in [0.1, 0.15) is 30.1 Å². The summed E-state index contributed by atoms with van der Waals surface area (Å²) in [7, 11) is 1.18. The van der Waals surface area contributed by atoms with Crippen molar-refractivity contribution in [2.24, 2.45) is 5.73 Å². The van der Waals surface area contributed by atoms with Crippen LogP contribution in [0.4, 0.5) is 0 Å². The van der Waals surface area contributed by atoms with E-state index in [0.29, 0.717) is 0 Å². The number of benzene rings is 1. The maximum Gasteiger partial charge on any atom is 0.328 e. The van der Waals surface area contributed by atoms with Crippen molar-refractivity contribution in [2.75, 3.05) is 7.11 Å². The Kier molecular flexibility index (Phi) is 7.39. The third kappa shape index (κ3) is 6.13. The first-order chi connectivity index (χ1) is 11.8. The van der Waals surface area contributed by atoms with Crippen LogP contribution in [0.25, 0.3) is 0 Å². The molecule has 0 aliphatic carbocycles. The number of nitrogens with two attached hydrogens (primary N) is 1. The van der Waals surface area contributed by atoms with Gasteiger partial charge in [0.1, 0.15) is 17.8 Å². The number of primary amides is 1. The molecule has 2 atom stereocenters. The number of rotatable bonds is 8. The van der Waals surface area contributed by atoms with Crippen molar-refractivity contribution in [1.82, 2.24) is 10.6 Å². The molecule has 0 aliphatic rings. The van der Waals surface area contributed by atoms with Crippen molar-refractivity contribution in [1.29, 1.82) is 0 Å². The lowest BCUT2D eigenvalue weighted by atomic mass is 10.1. The van der Waals surface area contributed by atoms with E-state index in [9.17, 15) is 24.3 Å². The summed E-state index contributed by atoms with van der Waals surface area (Å²) in [4.78, 5) is 46.9. The molecule has 136 valence electrons. The minimum atomic E-state index is -1.12. The third-order valence-corrected chi connectivity index (χ3v) is 3.36. The topological polar surface area (TPSA) is 148 Å². The highest BCUT2D eigenvalue weighted by Crippen LogP contribution is 2.15. The molecule has 3 amide bonds. The highest BCUT2D eigenvalue weighted by atomic mass is 16.5. The number of esters is 1. The molecule has 9 heteroatoms. The van der Waals surface area contributed by atoms with Crippen LogP contribution >= 0.6 is 0 Å². The van der Waals surface area contributed by atoms with E-state index in [0.717, 1.165) is 0 Å². The van der Waals surface area contributed by atoms with Gasteiger partial charge in [-0.2, -0.15) is 0 Å². The fourth-order valence-electron chi connectivity index (χ4n) is 2.01. The Hall–Kier alpha value is -3.10. The van der Waals surface area contributed by atoms with Gasteiger partial charge >= 0.3 is 5.97 Å². The number of ether oxygens (including phenoxy) is 1. The summed E-state index contributed by atoms with van der Waals surface area (Å²) in [6.45, 7) is 1.42. The average molecular weight is 351 g/mol. The number of carbonyl (C=O) groups is 4. The van der Waals surface area contributed by atoms with E-state index < -0.39 is 35.8 Å². The zero-order chi connectivity index (χ0) is 19.0. The molecule has 9 nitrogen and oxygen atoms in total. The maximum atomic E-state index is 12.3. The number of methoxy groups -OCH3 is 1. The van der Waals surface area contributed by atoms with Gasteiger partial charge in [-0.3, -0.25) is 14.4 Å². The summed E-state index contributed by atoms with van der Waals surface area (Å²) in [5.74, 6) is -2.93. The van der Waals surface area contributed by atoms with Gasteiger partial charge in [-0.05, 0) is 25.5 Å². The van der Waals surface area contributed by atoms with Gasteiger partial charge in [-0.1, -0.05) is 12.1 Å². The normalized spacial score (nSPS) is 12.6. The molecule has 0 fully saturated rings. The summed E-state index contributed by atoms with van der Waals surface area (Å²) in [5.41, 5.74) is 5.05. The number of para-hydroxylation sites is 1. The summed E-state index contributed by atoms with van der Waals surface area (Å²) in [6.07, 6.45) is -0.208. The number of aromatic hydroxyl groups is 1. The molecule has 25 heavy (non-hydrogen) atoms. The van der Waals surface area contributed by atoms with Crippen molar-refractivity contribution in [3.63, 3.8) is 0 Å². The second-order valence-electron chi connectivity index (χ2n) is 5.30. The molecular formula is C16H21N3O6. The number of hydrogen-bond donors (Lipinski definition) is 4. The van der Waals surface area contributed by atoms with Crippen LogP contribution in [0.3, 0.4) is 0 Å². The Bertz CT molecular complexity index is 661. The van der Waals surface area contributed by atoms with Crippen LogP contribution in [0.15, 0.2) is 24.3 Å². The second-order valence-corrected chi connectivity index (χ2v) is 5.30. The Morgan fingerprint density at radius 2 is 1.84 bits per heavy atom. The summed E-state index contributed by atoms with van der Waals surface area (Å²) in [6, 6.07) is 3.74. The van der Waals surface area contributed by atoms with Gasteiger partial charge in [0.05, 0.1) is 12.7 Å². The Balaban J connectivity index is 2.87. The van der Waals surface area contributed by atoms with Gasteiger partial charge in [0.15, 0.2) is 0 Å². The van der Waals surface area contributed by atoms with Gasteiger partial charge in [-0.25, -0.2) is 4.79 Å². The van der Waals surface area contributed by atoms with E-state index in [1.807, 2.05) is 0 Å². The number of amides is 3. The van der Waals surface area contributed by atoms with E-state index in [4.69, 9.17) is 5.73 Å². The van der Waals surface area contributed by atoms with Crippen molar-refractivity contribution in [3.8, 4) is 5.75 Å². The van der Waals surface area contributed by atoms with Crippen LogP contribution in [-0.2, 0) is 19.1 Å². The van der Waals surface area contributed by atoms with Crippen molar-refractivity contribution < 1.29 is 29.0 Å². The Morgan fingerprint density at radius 1 is 1.20 bits per heavy atom. The first-order valence-electron chi connectivity index (χ1n) is 7.51. The lowest BCUT2D eigenvalue weighted by Gasteiger charge is -2.20. The fourth-order valence-corrected chi connectivity index (χ4v) is 2.01. The largest absolute Gasteiger partial charge is 0.507 e. The minimum Gasteiger partial charge on any atom is -0.507 e. The first kappa shape index (κ1) is 19.9. The number of phenolic OH excluding ortho intramolecular Hbond substituents is 1. The summed E-state index contributed by atoms with van der Waals surface area (Å²) in [5, 5.41) is 14.5. The molecule has 0 unspecified atom stereocenters. The summed E-state index contributed by atoms with van der Waals surface area (Å²) < 4.78 is 4.51. The molecule has 0 heterocycles. The predicted octanol–water partition coefficient (Wildman–Crippen LogP) is -0.566. The summed E-state index contributed by atoms with van der Waals surface area (Å²) >= 11 is 0. The molecule has 0 spiro atoms. The molecule has 0 bridgehead atoms. The van der Waals surface area contributed by atoms with Crippen LogP contribution in [0.2, 0.25) is 0 Å². The first-order valence-corrected chi connectivity index (χ1v) is 7.51. The molecule has 1 rings (SSSR count). The van der Waals surface area contributed by atoms with Crippen molar-refractivity contribution in [3.05, 3.63) is 29.8 Å². The zero-order valence-electron chi connectivity index (χ0n) is 13.9. The lowest BCUT2D eigenvalue weighted by molar-refractivity contribution is -0.144. The van der Waals surface area contributed by atoms with Crippen molar-refractivity contribution in [2.45, 2.75) is 31.8 Å². The smallest absolute Gasteiger partial charge is 0.328 e. The van der Waals surface area contributed by atoms with Gasteiger partial charge in [-0.15, -0.1) is 0 Å². The molecule has 1 aromatic rings. The van der Waals surface area contributed by atoms with E-state index >= 15 is 0 Å². The number of phenols is 1. The molecule has 5 N–H and O–H groups in total. The zero-order valence-corrected chi connectivity index (χ0v) is 13.9. The fraction of sp³-hybridized carbons (Fsp3) is 0.375. The molecular weight excluding hydrogens is 330 g/mol. The maximum absolute atomic E-state index is 12.3. The molecule has 0 radical (unpaired) electrons. The Labute approximate surface area is 144 Å². The van der Waals surface area contributed by atoms with Gasteiger partial charge in [0, 0.05) is 6.42 Å². The number of carbonyl (C=O) groups excluding carboxylic acids is 4. The van der Waals surface area contributed by atoms with Gasteiger partial charge in [0.25, 0.3) is 5.91 Å².